The fraction of sp³-hybridized carbons (Fsp3) is 0.909. The van der Waals surface area contributed by atoms with Crippen molar-refractivity contribution in [3.63, 3.8) is 0 Å². The molecule has 0 aromatic rings. The number of rotatable bonds is 7. The van der Waals surface area contributed by atoms with Gasteiger partial charge in [0.15, 0.2) is 0 Å². The fourth-order valence-electron chi connectivity index (χ4n) is 1.21. The van der Waals surface area contributed by atoms with E-state index in [1.165, 1.54) is 0 Å². The first kappa shape index (κ1) is 13.4. The number of nitrogens with one attached hydrogen (secondary N) is 1. The van der Waals surface area contributed by atoms with Gasteiger partial charge >= 0.3 is 5.97 Å². The second kappa shape index (κ2) is 7.80. The first-order valence-corrected chi connectivity index (χ1v) is 5.51. The molecule has 1 atom stereocenters. The Morgan fingerprint density at radius 3 is 2.43 bits per heavy atom. The van der Waals surface area contributed by atoms with E-state index in [1.54, 1.807) is 0 Å². The van der Waals surface area contributed by atoms with Gasteiger partial charge in [-0.3, -0.25) is 4.79 Å². The Hall–Kier alpha value is -0.570. The van der Waals surface area contributed by atoms with Crippen LogP contribution in [0.25, 0.3) is 0 Å². The topological polar surface area (TPSA) is 38.3 Å². The maximum atomic E-state index is 11.5. The Kier molecular flexibility index (Phi) is 7.48. The van der Waals surface area contributed by atoms with Crippen LogP contribution in [0, 0.1) is 5.92 Å². The molecule has 0 saturated carbocycles. The summed E-state index contributed by atoms with van der Waals surface area (Å²) >= 11 is 0. The maximum absolute atomic E-state index is 11.5. The minimum atomic E-state index is -0.123. The van der Waals surface area contributed by atoms with Gasteiger partial charge < -0.3 is 10.1 Å². The highest BCUT2D eigenvalue weighted by atomic mass is 16.5. The van der Waals surface area contributed by atoms with E-state index in [2.05, 4.69) is 26.1 Å². The van der Waals surface area contributed by atoms with Crippen molar-refractivity contribution < 1.29 is 9.53 Å². The van der Waals surface area contributed by atoms with Crippen LogP contribution in [0.4, 0.5) is 0 Å². The van der Waals surface area contributed by atoms with Gasteiger partial charge in [-0.05, 0) is 25.8 Å². The van der Waals surface area contributed by atoms with E-state index < -0.39 is 0 Å². The third-order valence-electron chi connectivity index (χ3n) is 1.92. The van der Waals surface area contributed by atoms with Crippen molar-refractivity contribution in [1.29, 1.82) is 0 Å². The summed E-state index contributed by atoms with van der Waals surface area (Å²) in [5.41, 5.74) is 0. The lowest BCUT2D eigenvalue weighted by molar-refractivity contribution is -0.145. The predicted molar refractivity (Wildman–Crippen MR) is 58.2 cm³/mol. The van der Waals surface area contributed by atoms with E-state index in [4.69, 9.17) is 4.74 Å². The molecule has 0 aromatic carbocycles. The molecule has 0 aliphatic heterocycles. The molecule has 14 heavy (non-hydrogen) atoms. The number of esters is 1. The fourth-order valence-corrected chi connectivity index (χ4v) is 1.21. The molecule has 3 heteroatoms. The molecule has 84 valence electrons. The summed E-state index contributed by atoms with van der Waals surface area (Å²) < 4.78 is 4.99. The molecule has 0 heterocycles. The summed E-state index contributed by atoms with van der Waals surface area (Å²) in [5, 5.41) is 3.23. The van der Waals surface area contributed by atoms with Gasteiger partial charge in [-0.15, -0.1) is 0 Å². The molecular weight excluding hydrogens is 178 g/mol. The van der Waals surface area contributed by atoms with Gasteiger partial charge in [-0.25, -0.2) is 0 Å². The predicted octanol–water partition coefficient (Wildman–Crippen LogP) is 1.96. The lowest BCUT2D eigenvalue weighted by Crippen LogP contribution is -2.39. The minimum absolute atomic E-state index is 0.116. The van der Waals surface area contributed by atoms with Gasteiger partial charge in [-0.1, -0.05) is 27.2 Å². The molecule has 0 aliphatic rings. The van der Waals surface area contributed by atoms with Gasteiger partial charge in [0.25, 0.3) is 0 Å². The van der Waals surface area contributed by atoms with Crippen molar-refractivity contribution in [3.8, 4) is 0 Å². The van der Waals surface area contributed by atoms with Crippen molar-refractivity contribution in [2.24, 2.45) is 5.92 Å². The largest absolute Gasteiger partial charge is 0.465 e. The molecule has 0 fully saturated rings. The first-order valence-electron chi connectivity index (χ1n) is 5.51. The van der Waals surface area contributed by atoms with E-state index in [0.717, 1.165) is 19.4 Å². The van der Waals surface area contributed by atoms with Crippen molar-refractivity contribution in [1.82, 2.24) is 5.32 Å². The molecule has 0 rings (SSSR count). The van der Waals surface area contributed by atoms with Crippen LogP contribution >= 0.6 is 0 Å². The number of carbonyl (C=O) groups is 1. The summed E-state index contributed by atoms with van der Waals surface area (Å²) in [6.07, 6.45) is 1.85. The van der Waals surface area contributed by atoms with Crippen molar-refractivity contribution >= 4 is 5.97 Å². The summed E-state index contributed by atoms with van der Waals surface area (Å²) in [6.45, 7) is 9.49. The van der Waals surface area contributed by atoms with Gasteiger partial charge in [0.05, 0.1) is 6.61 Å². The Balaban J connectivity index is 3.93. The monoisotopic (exact) mass is 201 g/mol. The Labute approximate surface area is 87.2 Å². The van der Waals surface area contributed by atoms with Gasteiger partial charge in [0.2, 0.25) is 0 Å². The lowest BCUT2D eigenvalue weighted by Gasteiger charge is -2.17. The molecule has 1 N–H and O–H groups in total. The van der Waals surface area contributed by atoms with Crippen LogP contribution in [0.5, 0.6) is 0 Å². The van der Waals surface area contributed by atoms with Crippen LogP contribution in [0.15, 0.2) is 0 Å². The molecule has 0 aliphatic carbocycles. The minimum Gasteiger partial charge on any atom is -0.465 e. The average molecular weight is 201 g/mol. The van der Waals surface area contributed by atoms with E-state index in [1.807, 2.05) is 6.92 Å². The maximum Gasteiger partial charge on any atom is 0.323 e. The molecule has 0 amide bonds. The molecule has 0 bridgehead atoms. The molecule has 3 nitrogen and oxygen atoms in total. The van der Waals surface area contributed by atoms with Gasteiger partial charge in [-0.2, -0.15) is 0 Å². The first-order chi connectivity index (χ1) is 6.61. The molecular formula is C11H23NO2. The average Bonchev–Trinajstić information content (AvgIpc) is 2.12. The summed E-state index contributed by atoms with van der Waals surface area (Å²) in [4.78, 5) is 11.5. The zero-order chi connectivity index (χ0) is 11.0. The SMILES string of the molecule is CCCC(NCC(C)C)C(=O)OCC. The second-order valence-electron chi connectivity index (χ2n) is 3.90. The van der Waals surface area contributed by atoms with Crippen LogP contribution in [0.1, 0.15) is 40.5 Å². The number of hydrogen-bond acceptors (Lipinski definition) is 3. The highest BCUT2D eigenvalue weighted by Crippen LogP contribution is 2.01. The van der Waals surface area contributed by atoms with Crippen molar-refractivity contribution in [2.75, 3.05) is 13.2 Å². The summed E-state index contributed by atoms with van der Waals surface area (Å²) in [7, 11) is 0. The van der Waals surface area contributed by atoms with Gasteiger partial charge in [0.1, 0.15) is 6.04 Å². The number of carbonyl (C=O) groups excluding carboxylic acids is 1. The third-order valence-corrected chi connectivity index (χ3v) is 1.92. The van der Waals surface area contributed by atoms with Gasteiger partial charge in [0, 0.05) is 0 Å². The van der Waals surface area contributed by atoms with Crippen LogP contribution in [0.3, 0.4) is 0 Å². The zero-order valence-corrected chi connectivity index (χ0v) is 9.80. The molecule has 0 spiro atoms. The standard InChI is InChI=1S/C11H23NO2/c1-5-7-10(11(13)14-6-2)12-8-9(3)4/h9-10,12H,5-8H2,1-4H3. The lowest BCUT2D eigenvalue weighted by atomic mass is 10.1. The summed E-state index contributed by atoms with van der Waals surface area (Å²) in [5.74, 6) is 0.443. The van der Waals surface area contributed by atoms with E-state index in [9.17, 15) is 4.79 Å². The van der Waals surface area contributed by atoms with Crippen molar-refractivity contribution in [2.45, 2.75) is 46.6 Å². The highest BCUT2D eigenvalue weighted by molar-refractivity contribution is 5.75. The third kappa shape index (κ3) is 5.97. The van der Waals surface area contributed by atoms with E-state index >= 15 is 0 Å². The molecule has 1 unspecified atom stereocenters. The smallest absolute Gasteiger partial charge is 0.323 e. The molecule has 0 radical (unpaired) electrons. The van der Waals surface area contributed by atoms with Crippen LogP contribution < -0.4 is 5.32 Å². The van der Waals surface area contributed by atoms with Crippen LogP contribution in [-0.2, 0) is 9.53 Å². The number of ether oxygens (including phenoxy) is 1. The van der Waals surface area contributed by atoms with E-state index in [0.29, 0.717) is 12.5 Å². The Morgan fingerprint density at radius 1 is 1.36 bits per heavy atom. The quantitative estimate of drug-likeness (QED) is 0.640. The Morgan fingerprint density at radius 2 is 2.00 bits per heavy atom. The highest BCUT2D eigenvalue weighted by Gasteiger charge is 2.17. The normalized spacial score (nSPS) is 12.9. The molecule has 0 saturated heterocycles. The number of hydrogen-bond donors (Lipinski definition) is 1. The Bertz CT molecular complexity index is 157. The zero-order valence-electron chi connectivity index (χ0n) is 9.80. The van der Waals surface area contributed by atoms with E-state index in [-0.39, 0.29) is 12.0 Å². The van der Waals surface area contributed by atoms with Crippen molar-refractivity contribution in [3.05, 3.63) is 0 Å². The second-order valence-corrected chi connectivity index (χ2v) is 3.90. The molecule has 0 aromatic heterocycles. The summed E-state index contributed by atoms with van der Waals surface area (Å²) in [6, 6.07) is -0.123. The van der Waals surface area contributed by atoms with Crippen LogP contribution in [0.2, 0.25) is 0 Å². The van der Waals surface area contributed by atoms with Crippen LogP contribution in [-0.4, -0.2) is 25.2 Å².